The van der Waals surface area contributed by atoms with Gasteiger partial charge in [0.15, 0.2) is 0 Å². The van der Waals surface area contributed by atoms with Crippen LogP contribution in [0.5, 0.6) is 0 Å². The summed E-state index contributed by atoms with van der Waals surface area (Å²) in [6.45, 7) is 2.09. The van der Waals surface area contributed by atoms with Crippen molar-refractivity contribution in [2.24, 2.45) is 0 Å². The molecule has 0 saturated heterocycles. The van der Waals surface area contributed by atoms with Crippen LogP contribution in [0.3, 0.4) is 0 Å². The summed E-state index contributed by atoms with van der Waals surface area (Å²) in [5.74, 6) is -0.671. The fraction of sp³-hybridized carbons (Fsp3) is 0.250. The highest BCUT2D eigenvalue weighted by atomic mass is 16.2. The molecule has 0 aromatic heterocycles. The molecule has 1 N–H and O–H groups in total. The molecule has 0 spiro atoms. The third-order valence-electron chi connectivity index (χ3n) is 4.21. The van der Waals surface area contributed by atoms with Crippen LogP contribution in [0.15, 0.2) is 48.5 Å². The Kier molecular flexibility index (Phi) is 4.93. The molecule has 1 aliphatic heterocycles. The van der Waals surface area contributed by atoms with E-state index in [9.17, 15) is 14.4 Å². The Bertz CT molecular complexity index is 777. The van der Waals surface area contributed by atoms with E-state index in [1.807, 2.05) is 0 Å². The van der Waals surface area contributed by atoms with Crippen molar-refractivity contribution in [3.63, 3.8) is 0 Å². The number of imide groups is 1. The molecule has 3 amide bonds. The number of unbranched alkanes of at least 4 members (excludes halogenated alkanes) is 2. The fourth-order valence-corrected chi connectivity index (χ4v) is 2.88. The Hall–Kier alpha value is -2.95. The molecule has 2 aromatic carbocycles. The van der Waals surface area contributed by atoms with Gasteiger partial charge in [-0.05, 0) is 42.8 Å². The van der Waals surface area contributed by atoms with E-state index in [2.05, 4.69) is 12.2 Å². The van der Waals surface area contributed by atoms with E-state index in [1.165, 1.54) is 0 Å². The highest BCUT2D eigenvalue weighted by Crippen LogP contribution is 2.29. The lowest BCUT2D eigenvalue weighted by Crippen LogP contribution is -2.29. The minimum absolute atomic E-state index is 0.0260. The third kappa shape index (κ3) is 3.45. The van der Waals surface area contributed by atoms with Crippen LogP contribution >= 0.6 is 0 Å². The largest absolute Gasteiger partial charge is 0.326 e. The van der Waals surface area contributed by atoms with Gasteiger partial charge in [-0.2, -0.15) is 0 Å². The first-order valence-electron chi connectivity index (χ1n) is 8.49. The third-order valence-corrected chi connectivity index (χ3v) is 4.21. The quantitative estimate of drug-likeness (QED) is 0.640. The molecule has 0 atom stereocenters. The second kappa shape index (κ2) is 7.30. The number of fused-ring (bicyclic) bond motifs is 1. The molecular weight excluding hydrogens is 316 g/mol. The number of anilines is 2. The van der Waals surface area contributed by atoms with Gasteiger partial charge in [0, 0.05) is 12.1 Å². The van der Waals surface area contributed by atoms with Gasteiger partial charge >= 0.3 is 0 Å². The Labute approximate surface area is 146 Å². The van der Waals surface area contributed by atoms with Gasteiger partial charge in [0.25, 0.3) is 11.8 Å². The smallest absolute Gasteiger partial charge is 0.266 e. The van der Waals surface area contributed by atoms with Crippen molar-refractivity contribution in [1.29, 1.82) is 0 Å². The van der Waals surface area contributed by atoms with Crippen LogP contribution in [0, 0.1) is 0 Å². The molecular formula is C20H20N2O3. The van der Waals surface area contributed by atoms with Gasteiger partial charge in [0.2, 0.25) is 5.91 Å². The van der Waals surface area contributed by atoms with E-state index in [0.29, 0.717) is 28.9 Å². The molecule has 25 heavy (non-hydrogen) atoms. The highest BCUT2D eigenvalue weighted by molar-refractivity contribution is 6.34. The van der Waals surface area contributed by atoms with Crippen molar-refractivity contribution in [2.75, 3.05) is 10.2 Å². The number of carbonyl (C=O) groups is 3. The molecule has 0 unspecified atom stereocenters. The molecule has 128 valence electrons. The molecule has 1 aliphatic rings. The maximum Gasteiger partial charge on any atom is 0.266 e. The molecule has 5 heteroatoms. The van der Waals surface area contributed by atoms with E-state index in [4.69, 9.17) is 0 Å². The number of carbonyl (C=O) groups excluding carboxylic acids is 3. The van der Waals surface area contributed by atoms with Crippen LogP contribution < -0.4 is 10.2 Å². The maximum absolute atomic E-state index is 12.5. The van der Waals surface area contributed by atoms with E-state index in [-0.39, 0.29) is 17.7 Å². The number of amides is 3. The van der Waals surface area contributed by atoms with Gasteiger partial charge in [0.05, 0.1) is 16.8 Å². The number of benzene rings is 2. The molecule has 1 heterocycles. The zero-order valence-electron chi connectivity index (χ0n) is 14.1. The van der Waals surface area contributed by atoms with Crippen molar-refractivity contribution >= 4 is 29.1 Å². The lowest BCUT2D eigenvalue weighted by molar-refractivity contribution is -0.116. The zero-order chi connectivity index (χ0) is 17.8. The van der Waals surface area contributed by atoms with Crippen molar-refractivity contribution in [2.45, 2.75) is 32.6 Å². The minimum atomic E-state index is -0.322. The van der Waals surface area contributed by atoms with E-state index < -0.39 is 0 Å². The van der Waals surface area contributed by atoms with Crippen molar-refractivity contribution in [3.05, 3.63) is 59.7 Å². The number of hydrogen-bond acceptors (Lipinski definition) is 3. The average Bonchev–Trinajstić information content (AvgIpc) is 2.88. The Morgan fingerprint density at radius 3 is 2.08 bits per heavy atom. The van der Waals surface area contributed by atoms with Crippen LogP contribution in [0.2, 0.25) is 0 Å². The van der Waals surface area contributed by atoms with Crippen LogP contribution in [0.1, 0.15) is 53.3 Å². The maximum atomic E-state index is 12.5. The summed E-state index contributed by atoms with van der Waals surface area (Å²) < 4.78 is 0. The van der Waals surface area contributed by atoms with Crippen LogP contribution in [-0.2, 0) is 4.79 Å². The predicted molar refractivity (Wildman–Crippen MR) is 96.8 cm³/mol. The average molecular weight is 336 g/mol. The van der Waals surface area contributed by atoms with Gasteiger partial charge in [-0.1, -0.05) is 31.9 Å². The summed E-state index contributed by atoms with van der Waals surface area (Å²) in [7, 11) is 0. The molecule has 0 bridgehead atoms. The normalized spacial score (nSPS) is 13.1. The molecule has 0 saturated carbocycles. The number of hydrogen-bond donors (Lipinski definition) is 1. The van der Waals surface area contributed by atoms with E-state index >= 15 is 0 Å². The number of nitrogens with one attached hydrogen (secondary N) is 1. The number of rotatable bonds is 6. The molecule has 0 fully saturated rings. The lowest BCUT2D eigenvalue weighted by Gasteiger charge is -2.14. The van der Waals surface area contributed by atoms with Gasteiger partial charge in [-0.3, -0.25) is 14.4 Å². The summed E-state index contributed by atoms with van der Waals surface area (Å²) in [5.41, 5.74) is 1.98. The topological polar surface area (TPSA) is 66.5 Å². The lowest BCUT2D eigenvalue weighted by atomic mass is 10.1. The summed E-state index contributed by atoms with van der Waals surface area (Å²) in [4.78, 5) is 37.9. The second-order valence-electron chi connectivity index (χ2n) is 6.04. The van der Waals surface area contributed by atoms with Gasteiger partial charge in [0.1, 0.15) is 0 Å². The van der Waals surface area contributed by atoms with Gasteiger partial charge in [-0.15, -0.1) is 0 Å². The van der Waals surface area contributed by atoms with Crippen LogP contribution in [-0.4, -0.2) is 17.7 Å². The first kappa shape index (κ1) is 16.9. The number of nitrogens with zero attached hydrogens (tertiary/aromatic N) is 1. The summed E-state index contributed by atoms with van der Waals surface area (Å²) in [6, 6.07) is 13.5. The van der Waals surface area contributed by atoms with E-state index in [1.54, 1.807) is 48.5 Å². The Morgan fingerprint density at radius 2 is 1.52 bits per heavy atom. The highest BCUT2D eigenvalue weighted by Gasteiger charge is 2.36. The summed E-state index contributed by atoms with van der Waals surface area (Å²) in [5, 5.41) is 2.83. The summed E-state index contributed by atoms with van der Waals surface area (Å²) in [6.07, 6.45) is 3.47. The van der Waals surface area contributed by atoms with Crippen LogP contribution in [0.25, 0.3) is 0 Å². The molecule has 2 aromatic rings. The Morgan fingerprint density at radius 1 is 0.920 bits per heavy atom. The minimum Gasteiger partial charge on any atom is -0.326 e. The first-order chi connectivity index (χ1) is 12.1. The second-order valence-corrected chi connectivity index (χ2v) is 6.04. The molecule has 0 radical (unpaired) electrons. The Balaban J connectivity index is 1.70. The van der Waals surface area contributed by atoms with Gasteiger partial charge < -0.3 is 5.32 Å². The van der Waals surface area contributed by atoms with Gasteiger partial charge in [-0.25, -0.2) is 4.90 Å². The molecule has 5 nitrogen and oxygen atoms in total. The molecule has 0 aliphatic carbocycles. The van der Waals surface area contributed by atoms with Crippen molar-refractivity contribution in [1.82, 2.24) is 0 Å². The fourth-order valence-electron chi connectivity index (χ4n) is 2.88. The van der Waals surface area contributed by atoms with Crippen molar-refractivity contribution in [3.8, 4) is 0 Å². The van der Waals surface area contributed by atoms with Crippen LogP contribution in [0.4, 0.5) is 11.4 Å². The van der Waals surface area contributed by atoms with Crippen molar-refractivity contribution < 1.29 is 14.4 Å². The first-order valence-corrected chi connectivity index (χ1v) is 8.49. The standard InChI is InChI=1S/C20H20N2O3/c1-2-3-4-9-18(23)21-14-10-12-15(13-11-14)22-19(24)16-7-5-6-8-17(16)20(22)25/h5-8,10-13H,2-4,9H2,1H3,(H,21,23). The summed E-state index contributed by atoms with van der Waals surface area (Å²) >= 11 is 0. The predicted octanol–water partition coefficient (Wildman–Crippen LogP) is 4.01. The SMILES string of the molecule is CCCCCC(=O)Nc1ccc(N2C(=O)c3ccccc3C2=O)cc1. The molecule has 3 rings (SSSR count). The zero-order valence-corrected chi connectivity index (χ0v) is 14.1. The van der Waals surface area contributed by atoms with E-state index in [0.717, 1.165) is 24.2 Å². The monoisotopic (exact) mass is 336 g/mol.